The molecule has 0 aromatic heterocycles. The van der Waals surface area contributed by atoms with E-state index in [-0.39, 0.29) is 12.6 Å². The highest BCUT2D eigenvalue weighted by Gasteiger charge is 2.15. The zero-order valence-electron chi connectivity index (χ0n) is 11.2. The predicted octanol–water partition coefficient (Wildman–Crippen LogP) is 2.15. The van der Waals surface area contributed by atoms with Crippen LogP contribution < -0.4 is 10.2 Å². The molecule has 0 saturated carbocycles. The average molecular weight is 248 g/mol. The van der Waals surface area contributed by atoms with Gasteiger partial charge in [-0.3, -0.25) is 0 Å². The van der Waals surface area contributed by atoms with E-state index in [0.717, 1.165) is 13.0 Å². The fourth-order valence-electron chi connectivity index (χ4n) is 2.52. The predicted molar refractivity (Wildman–Crippen MR) is 75.9 cm³/mol. The standard InChI is InChI=1S/C15H24N2O/c1-2-14(12-18)16-11-13-7-3-4-8-15(13)17-9-5-6-10-17/h3-4,7-8,14,16,18H,2,5-6,9-12H2,1H3. The smallest absolute Gasteiger partial charge is 0.0584 e. The van der Waals surface area contributed by atoms with Crippen LogP contribution in [0.4, 0.5) is 5.69 Å². The van der Waals surface area contributed by atoms with Crippen LogP contribution in [-0.2, 0) is 6.54 Å². The Hall–Kier alpha value is -1.06. The van der Waals surface area contributed by atoms with Crippen LogP contribution in [0.2, 0.25) is 0 Å². The lowest BCUT2D eigenvalue weighted by Gasteiger charge is -2.22. The third-order valence-electron chi connectivity index (χ3n) is 3.73. The van der Waals surface area contributed by atoms with Gasteiger partial charge in [-0.15, -0.1) is 0 Å². The molecule has 100 valence electrons. The number of nitrogens with one attached hydrogen (secondary N) is 1. The van der Waals surface area contributed by atoms with Gasteiger partial charge in [0.1, 0.15) is 0 Å². The second-order valence-electron chi connectivity index (χ2n) is 4.99. The fourth-order valence-corrected chi connectivity index (χ4v) is 2.52. The third kappa shape index (κ3) is 3.24. The van der Waals surface area contributed by atoms with Crippen LogP contribution in [0.1, 0.15) is 31.7 Å². The van der Waals surface area contributed by atoms with Crippen LogP contribution in [0.3, 0.4) is 0 Å². The van der Waals surface area contributed by atoms with E-state index in [1.54, 1.807) is 0 Å². The second kappa shape index (κ2) is 6.76. The minimum atomic E-state index is 0.205. The van der Waals surface area contributed by atoms with Crippen molar-refractivity contribution in [1.82, 2.24) is 5.32 Å². The average Bonchev–Trinajstić information content (AvgIpc) is 2.94. The largest absolute Gasteiger partial charge is 0.395 e. The van der Waals surface area contributed by atoms with E-state index in [1.165, 1.54) is 37.2 Å². The Morgan fingerprint density at radius 1 is 1.28 bits per heavy atom. The fraction of sp³-hybridized carbons (Fsp3) is 0.600. The number of aliphatic hydroxyl groups is 1. The van der Waals surface area contributed by atoms with Crippen LogP contribution in [-0.4, -0.2) is 30.8 Å². The summed E-state index contributed by atoms with van der Waals surface area (Å²) in [5.74, 6) is 0. The summed E-state index contributed by atoms with van der Waals surface area (Å²) in [6.07, 6.45) is 3.56. The molecule has 3 heteroatoms. The molecule has 1 heterocycles. The molecular formula is C15H24N2O. The Morgan fingerprint density at radius 3 is 2.67 bits per heavy atom. The van der Waals surface area contributed by atoms with Gasteiger partial charge < -0.3 is 15.3 Å². The summed E-state index contributed by atoms with van der Waals surface area (Å²) in [6, 6.07) is 8.81. The lowest BCUT2D eigenvalue weighted by atomic mass is 10.1. The molecule has 0 spiro atoms. The highest BCUT2D eigenvalue weighted by atomic mass is 16.3. The number of rotatable bonds is 6. The van der Waals surface area contributed by atoms with Crippen molar-refractivity contribution in [1.29, 1.82) is 0 Å². The van der Waals surface area contributed by atoms with Crippen LogP contribution in [0, 0.1) is 0 Å². The van der Waals surface area contributed by atoms with Crippen molar-refractivity contribution >= 4 is 5.69 Å². The monoisotopic (exact) mass is 248 g/mol. The summed E-state index contributed by atoms with van der Waals surface area (Å²) < 4.78 is 0. The Bertz CT molecular complexity index is 357. The molecule has 1 unspecified atom stereocenters. The van der Waals surface area contributed by atoms with Crippen LogP contribution in [0.25, 0.3) is 0 Å². The summed E-state index contributed by atoms with van der Waals surface area (Å²) in [5, 5.41) is 12.6. The first kappa shape index (κ1) is 13.4. The quantitative estimate of drug-likeness (QED) is 0.809. The number of hydrogen-bond acceptors (Lipinski definition) is 3. The minimum Gasteiger partial charge on any atom is -0.395 e. The molecule has 0 aliphatic carbocycles. The molecule has 18 heavy (non-hydrogen) atoms. The molecule has 1 atom stereocenters. The normalized spacial score (nSPS) is 17.1. The number of benzene rings is 1. The van der Waals surface area contributed by atoms with Gasteiger partial charge >= 0.3 is 0 Å². The molecule has 1 aromatic carbocycles. The van der Waals surface area contributed by atoms with Gasteiger partial charge in [-0.1, -0.05) is 25.1 Å². The molecule has 1 fully saturated rings. The van der Waals surface area contributed by atoms with Crippen molar-refractivity contribution in [2.75, 3.05) is 24.6 Å². The number of anilines is 1. The molecule has 1 aromatic rings. The van der Waals surface area contributed by atoms with Gasteiger partial charge in [0.15, 0.2) is 0 Å². The summed E-state index contributed by atoms with van der Waals surface area (Å²) in [4.78, 5) is 2.47. The van der Waals surface area contributed by atoms with E-state index in [1.807, 2.05) is 0 Å². The van der Waals surface area contributed by atoms with Crippen LogP contribution in [0.5, 0.6) is 0 Å². The van der Waals surface area contributed by atoms with Crippen molar-refractivity contribution in [3.05, 3.63) is 29.8 Å². The highest BCUT2D eigenvalue weighted by molar-refractivity contribution is 5.54. The van der Waals surface area contributed by atoms with Gasteiger partial charge in [0.25, 0.3) is 0 Å². The molecule has 0 amide bonds. The molecule has 0 bridgehead atoms. The van der Waals surface area contributed by atoms with Crippen molar-refractivity contribution in [2.24, 2.45) is 0 Å². The highest BCUT2D eigenvalue weighted by Crippen LogP contribution is 2.24. The van der Waals surface area contributed by atoms with E-state index in [4.69, 9.17) is 0 Å². The van der Waals surface area contributed by atoms with Gasteiger partial charge in [-0.05, 0) is 30.9 Å². The van der Waals surface area contributed by atoms with Gasteiger partial charge in [0.05, 0.1) is 6.61 Å². The maximum Gasteiger partial charge on any atom is 0.0584 e. The maximum atomic E-state index is 9.21. The first-order valence-electron chi connectivity index (χ1n) is 7.02. The maximum absolute atomic E-state index is 9.21. The van der Waals surface area contributed by atoms with Crippen molar-refractivity contribution in [2.45, 2.75) is 38.8 Å². The lowest BCUT2D eigenvalue weighted by molar-refractivity contribution is 0.238. The number of hydrogen-bond donors (Lipinski definition) is 2. The molecular weight excluding hydrogens is 224 g/mol. The van der Waals surface area contributed by atoms with E-state index in [9.17, 15) is 5.11 Å². The second-order valence-corrected chi connectivity index (χ2v) is 4.99. The number of nitrogens with zero attached hydrogens (tertiary/aromatic N) is 1. The number of aliphatic hydroxyl groups excluding tert-OH is 1. The van der Waals surface area contributed by atoms with Crippen molar-refractivity contribution < 1.29 is 5.11 Å². The summed E-state index contributed by atoms with van der Waals surface area (Å²) in [6.45, 7) is 5.50. The number of para-hydroxylation sites is 1. The molecule has 0 radical (unpaired) electrons. The summed E-state index contributed by atoms with van der Waals surface area (Å²) >= 11 is 0. The van der Waals surface area contributed by atoms with Crippen LogP contribution in [0.15, 0.2) is 24.3 Å². The SMILES string of the molecule is CCC(CO)NCc1ccccc1N1CCCC1. The third-order valence-corrected chi connectivity index (χ3v) is 3.73. The van der Waals surface area contributed by atoms with E-state index in [2.05, 4.69) is 41.4 Å². The van der Waals surface area contributed by atoms with E-state index < -0.39 is 0 Å². The molecule has 1 saturated heterocycles. The van der Waals surface area contributed by atoms with Crippen molar-refractivity contribution in [3.63, 3.8) is 0 Å². The van der Waals surface area contributed by atoms with E-state index in [0.29, 0.717) is 0 Å². The topological polar surface area (TPSA) is 35.5 Å². The molecule has 3 nitrogen and oxygen atoms in total. The Balaban J connectivity index is 2.02. The zero-order valence-corrected chi connectivity index (χ0v) is 11.2. The van der Waals surface area contributed by atoms with Gasteiger partial charge in [0, 0.05) is 31.4 Å². The minimum absolute atomic E-state index is 0.205. The van der Waals surface area contributed by atoms with Crippen LogP contribution >= 0.6 is 0 Å². The zero-order chi connectivity index (χ0) is 12.8. The molecule has 1 aliphatic heterocycles. The summed E-state index contributed by atoms with van der Waals surface area (Å²) in [5.41, 5.74) is 2.70. The van der Waals surface area contributed by atoms with Gasteiger partial charge in [0.2, 0.25) is 0 Å². The lowest BCUT2D eigenvalue weighted by Crippen LogP contribution is -2.32. The first-order valence-corrected chi connectivity index (χ1v) is 7.02. The Labute approximate surface area is 110 Å². The molecule has 2 N–H and O–H groups in total. The van der Waals surface area contributed by atoms with E-state index >= 15 is 0 Å². The Kier molecular flexibility index (Phi) is 5.02. The van der Waals surface area contributed by atoms with Crippen molar-refractivity contribution in [3.8, 4) is 0 Å². The molecule has 2 rings (SSSR count). The van der Waals surface area contributed by atoms with Gasteiger partial charge in [-0.2, -0.15) is 0 Å². The first-order chi connectivity index (χ1) is 8.85. The summed E-state index contributed by atoms with van der Waals surface area (Å²) in [7, 11) is 0. The molecule has 1 aliphatic rings. The Morgan fingerprint density at radius 2 is 2.00 bits per heavy atom. The van der Waals surface area contributed by atoms with Gasteiger partial charge in [-0.25, -0.2) is 0 Å².